The number of rotatable bonds is 6. The molecule has 0 atom stereocenters. The van der Waals surface area contributed by atoms with Crippen LogP contribution in [0.2, 0.25) is 0 Å². The molecule has 0 fully saturated rings. The van der Waals surface area contributed by atoms with E-state index in [9.17, 15) is 4.79 Å². The molecule has 3 N–H and O–H groups in total. The van der Waals surface area contributed by atoms with Crippen molar-refractivity contribution in [1.82, 2.24) is 9.97 Å². The third-order valence-electron chi connectivity index (χ3n) is 5.90. The van der Waals surface area contributed by atoms with Gasteiger partial charge in [0.1, 0.15) is 18.2 Å². The average molecular weight is 493 g/mol. The van der Waals surface area contributed by atoms with Crippen LogP contribution >= 0.6 is 12.2 Å². The van der Waals surface area contributed by atoms with Gasteiger partial charge in [0.15, 0.2) is 5.11 Å². The molecule has 5 rings (SSSR count). The predicted octanol–water partition coefficient (Wildman–Crippen LogP) is 6.01. The van der Waals surface area contributed by atoms with Gasteiger partial charge in [0, 0.05) is 11.1 Å². The minimum atomic E-state index is -0.323. The Morgan fingerprint density at radius 3 is 2.42 bits per heavy atom. The second kappa shape index (κ2) is 10.0. The lowest BCUT2D eigenvalue weighted by molar-refractivity contribution is 0.100. The van der Waals surface area contributed by atoms with Crippen molar-refractivity contribution in [2.75, 3.05) is 4.90 Å². The smallest absolute Gasteiger partial charge is 0.264 e. The number of imidazole rings is 1. The summed E-state index contributed by atoms with van der Waals surface area (Å²) < 4.78 is 5.84. The van der Waals surface area contributed by atoms with E-state index in [1.54, 1.807) is 24.3 Å². The van der Waals surface area contributed by atoms with Gasteiger partial charge in [-0.3, -0.25) is 9.69 Å². The molecule has 1 heterocycles. The summed E-state index contributed by atoms with van der Waals surface area (Å²) in [7, 11) is 0. The van der Waals surface area contributed by atoms with Crippen LogP contribution in [0.15, 0.2) is 97.1 Å². The van der Waals surface area contributed by atoms with Crippen LogP contribution in [-0.2, 0) is 6.61 Å². The number of thiocarbonyl (C=S) groups is 1. The van der Waals surface area contributed by atoms with E-state index in [0.717, 1.165) is 27.7 Å². The minimum absolute atomic E-state index is 0.0381. The van der Waals surface area contributed by atoms with Crippen molar-refractivity contribution in [2.24, 2.45) is 5.73 Å². The lowest BCUT2D eigenvalue weighted by Crippen LogP contribution is -2.40. The average Bonchev–Trinajstić information content (AvgIpc) is 3.33. The van der Waals surface area contributed by atoms with Gasteiger partial charge >= 0.3 is 0 Å². The highest BCUT2D eigenvalue weighted by atomic mass is 32.1. The Bertz CT molecular complexity index is 1510. The van der Waals surface area contributed by atoms with Gasteiger partial charge in [-0.25, -0.2) is 4.98 Å². The number of carbonyl (C=O) groups excluding carboxylic acids is 1. The number of aromatic amines is 1. The van der Waals surface area contributed by atoms with Crippen molar-refractivity contribution >= 4 is 40.0 Å². The first kappa shape index (κ1) is 23.3. The number of para-hydroxylation sites is 2. The van der Waals surface area contributed by atoms with Gasteiger partial charge in [-0.2, -0.15) is 0 Å². The zero-order chi connectivity index (χ0) is 25.1. The molecule has 1 amide bonds. The maximum Gasteiger partial charge on any atom is 0.264 e. The van der Waals surface area contributed by atoms with Crippen molar-refractivity contribution in [2.45, 2.75) is 13.5 Å². The van der Waals surface area contributed by atoms with Gasteiger partial charge in [-0.1, -0.05) is 48.5 Å². The second-order valence-corrected chi connectivity index (χ2v) is 8.80. The first-order valence-electron chi connectivity index (χ1n) is 11.5. The van der Waals surface area contributed by atoms with E-state index in [2.05, 4.69) is 4.98 Å². The SMILES string of the molecule is Cc1ccc(N(C(=O)c2ccc(OCc3ccccc3)cc2)C(N)=S)cc1-c1nc2ccccc2[nH]1. The highest BCUT2D eigenvalue weighted by Crippen LogP contribution is 2.29. The third kappa shape index (κ3) is 4.82. The van der Waals surface area contributed by atoms with E-state index in [4.69, 9.17) is 27.7 Å². The Morgan fingerprint density at radius 2 is 1.69 bits per heavy atom. The summed E-state index contributed by atoms with van der Waals surface area (Å²) >= 11 is 5.28. The van der Waals surface area contributed by atoms with Crippen LogP contribution in [0.25, 0.3) is 22.4 Å². The second-order valence-electron chi connectivity index (χ2n) is 8.38. The molecule has 0 saturated heterocycles. The highest BCUT2D eigenvalue weighted by molar-refractivity contribution is 7.80. The van der Waals surface area contributed by atoms with E-state index in [1.807, 2.05) is 79.7 Å². The Labute approximate surface area is 214 Å². The Hall–Kier alpha value is -4.49. The number of fused-ring (bicyclic) bond motifs is 1. The summed E-state index contributed by atoms with van der Waals surface area (Å²) in [6, 6.07) is 30.3. The van der Waals surface area contributed by atoms with Gasteiger partial charge in [0.05, 0.1) is 16.7 Å². The summed E-state index contributed by atoms with van der Waals surface area (Å²) in [4.78, 5) is 22.8. The largest absolute Gasteiger partial charge is 0.489 e. The van der Waals surface area contributed by atoms with Crippen LogP contribution in [0.1, 0.15) is 21.5 Å². The lowest BCUT2D eigenvalue weighted by Gasteiger charge is -2.22. The lowest BCUT2D eigenvalue weighted by atomic mass is 10.1. The number of ether oxygens (including phenoxy) is 1. The maximum absolute atomic E-state index is 13.4. The molecule has 0 bridgehead atoms. The number of aryl methyl sites for hydroxylation is 1. The van der Waals surface area contributed by atoms with Crippen LogP contribution in [-0.4, -0.2) is 21.0 Å². The molecule has 0 saturated carbocycles. The third-order valence-corrected chi connectivity index (χ3v) is 6.08. The summed E-state index contributed by atoms with van der Waals surface area (Å²) in [6.07, 6.45) is 0. The summed E-state index contributed by atoms with van der Waals surface area (Å²) in [6.45, 7) is 2.44. The molecular formula is C29H24N4O2S. The fourth-order valence-corrected chi connectivity index (χ4v) is 4.18. The van der Waals surface area contributed by atoms with Crippen molar-refractivity contribution in [3.63, 3.8) is 0 Å². The number of hydrogen-bond donors (Lipinski definition) is 2. The number of nitrogens with zero attached hydrogens (tertiary/aromatic N) is 2. The van der Waals surface area contributed by atoms with Crippen molar-refractivity contribution in [1.29, 1.82) is 0 Å². The van der Waals surface area contributed by atoms with Crippen LogP contribution in [0.4, 0.5) is 5.69 Å². The molecule has 36 heavy (non-hydrogen) atoms. The number of anilines is 1. The fraction of sp³-hybridized carbons (Fsp3) is 0.0690. The molecule has 0 aliphatic heterocycles. The van der Waals surface area contributed by atoms with Gasteiger partial charge in [-0.05, 0) is 78.8 Å². The molecule has 5 aromatic rings. The zero-order valence-electron chi connectivity index (χ0n) is 19.6. The fourth-order valence-electron chi connectivity index (χ4n) is 3.99. The molecule has 178 valence electrons. The first-order valence-corrected chi connectivity index (χ1v) is 11.9. The zero-order valence-corrected chi connectivity index (χ0v) is 20.5. The van der Waals surface area contributed by atoms with E-state index in [-0.39, 0.29) is 11.0 Å². The quantitative estimate of drug-likeness (QED) is 0.284. The topological polar surface area (TPSA) is 84.2 Å². The Kier molecular flexibility index (Phi) is 6.47. The summed E-state index contributed by atoms with van der Waals surface area (Å²) in [5.74, 6) is 1.06. The Morgan fingerprint density at radius 1 is 0.972 bits per heavy atom. The van der Waals surface area contributed by atoms with E-state index in [0.29, 0.717) is 29.4 Å². The molecule has 6 nitrogen and oxygen atoms in total. The number of nitrogens with one attached hydrogen (secondary N) is 1. The molecule has 0 spiro atoms. The minimum Gasteiger partial charge on any atom is -0.489 e. The summed E-state index contributed by atoms with van der Waals surface area (Å²) in [5.41, 5.74) is 11.8. The van der Waals surface area contributed by atoms with E-state index < -0.39 is 0 Å². The number of amides is 1. The van der Waals surface area contributed by atoms with Gasteiger partial charge in [0.2, 0.25) is 0 Å². The number of benzene rings is 4. The van der Waals surface area contributed by atoms with E-state index >= 15 is 0 Å². The maximum atomic E-state index is 13.4. The van der Waals surface area contributed by atoms with Gasteiger partial charge in [0.25, 0.3) is 5.91 Å². The van der Waals surface area contributed by atoms with Crippen LogP contribution < -0.4 is 15.4 Å². The highest BCUT2D eigenvalue weighted by Gasteiger charge is 2.22. The molecule has 4 aromatic carbocycles. The van der Waals surface area contributed by atoms with Crippen LogP contribution in [0.5, 0.6) is 5.75 Å². The normalized spacial score (nSPS) is 10.8. The number of carbonyl (C=O) groups is 1. The van der Waals surface area contributed by atoms with E-state index in [1.165, 1.54) is 4.90 Å². The van der Waals surface area contributed by atoms with Crippen LogP contribution in [0, 0.1) is 6.92 Å². The molecule has 0 radical (unpaired) electrons. The standard InChI is InChI=1S/C29H24N4O2S/c1-19-11-14-22(17-24(19)27-31-25-9-5-6-10-26(25)32-27)33(29(30)36)28(34)21-12-15-23(16-13-21)35-18-20-7-3-2-4-8-20/h2-17H,18H2,1H3,(H2,30,36)(H,31,32). The number of aromatic nitrogens is 2. The molecule has 7 heteroatoms. The van der Waals surface area contributed by atoms with Gasteiger partial charge < -0.3 is 15.5 Å². The number of hydrogen-bond acceptors (Lipinski definition) is 4. The molecule has 0 aliphatic rings. The Balaban J connectivity index is 1.40. The molecule has 1 aromatic heterocycles. The molecular weight excluding hydrogens is 468 g/mol. The van der Waals surface area contributed by atoms with Crippen molar-refractivity contribution in [3.8, 4) is 17.1 Å². The molecule has 0 unspecified atom stereocenters. The van der Waals surface area contributed by atoms with Gasteiger partial charge in [-0.15, -0.1) is 0 Å². The first-order chi connectivity index (χ1) is 17.5. The van der Waals surface area contributed by atoms with Crippen molar-refractivity contribution < 1.29 is 9.53 Å². The van der Waals surface area contributed by atoms with Crippen molar-refractivity contribution in [3.05, 3.63) is 114 Å². The number of nitrogens with two attached hydrogens (primary N) is 1. The monoisotopic (exact) mass is 492 g/mol. The summed E-state index contributed by atoms with van der Waals surface area (Å²) in [5, 5.41) is -0.0381. The molecule has 0 aliphatic carbocycles. The number of H-pyrrole nitrogens is 1. The van der Waals surface area contributed by atoms with Crippen LogP contribution in [0.3, 0.4) is 0 Å². The predicted molar refractivity (Wildman–Crippen MR) is 147 cm³/mol.